The van der Waals surface area contributed by atoms with Crippen molar-refractivity contribution in [3.8, 4) is 11.5 Å². The summed E-state index contributed by atoms with van der Waals surface area (Å²) in [5, 5.41) is 6.39. The molecule has 3 aromatic carbocycles. The van der Waals surface area contributed by atoms with Gasteiger partial charge in [0.1, 0.15) is 11.5 Å². The van der Waals surface area contributed by atoms with Crippen molar-refractivity contribution in [3.05, 3.63) is 82.3 Å². The Hall–Kier alpha value is -3.55. The van der Waals surface area contributed by atoms with Gasteiger partial charge < -0.3 is 20.1 Å². The number of hydrogen-bond donors (Lipinski definition) is 2. The summed E-state index contributed by atoms with van der Waals surface area (Å²) in [6.45, 7) is 1.43. The fraction of sp³-hybridized carbons (Fsp3) is 0.192. The van der Waals surface area contributed by atoms with Gasteiger partial charge in [-0.1, -0.05) is 41.4 Å². The van der Waals surface area contributed by atoms with Crippen LogP contribution < -0.4 is 15.4 Å². The van der Waals surface area contributed by atoms with Crippen LogP contribution in [-0.4, -0.2) is 24.4 Å². The lowest BCUT2D eigenvalue weighted by Crippen LogP contribution is -2.21. The molecule has 182 valence electrons. The van der Waals surface area contributed by atoms with Gasteiger partial charge in [-0.15, -0.1) is 0 Å². The summed E-state index contributed by atoms with van der Waals surface area (Å²) in [6, 6.07) is 19.1. The molecule has 0 atom stereocenters. The number of rotatable bonds is 10. The Morgan fingerprint density at radius 3 is 2.20 bits per heavy atom. The summed E-state index contributed by atoms with van der Waals surface area (Å²) in [5.74, 6) is -0.163. The minimum absolute atomic E-state index is 0.0155. The maximum absolute atomic E-state index is 12.1. The number of halogens is 2. The van der Waals surface area contributed by atoms with E-state index in [4.69, 9.17) is 32.7 Å². The van der Waals surface area contributed by atoms with Crippen LogP contribution in [0.1, 0.15) is 24.8 Å². The van der Waals surface area contributed by atoms with Gasteiger partial charge >= 0.3 is 5.97 Å². The lowest BCUT2D eigenvalue weighted by Gasteiger charge is -2.09. The Kier molecular flexibility index (Phi) is 9.52. The molecule has 35 heavy (non-hydrogen) atoms. The van der Waals surface area contributed by atoms with Crippen molar-refractivity contribution in [3.63, 3.8) is 0 Å². The molecule has 9 heteroatoms. The van der Waals surface area contributed by atoms with Gasteiger partial charge in [-0.3, -0.25) is 14.4 Å². The summed E-state index contributed by atoms with van der Waals surface area (Å²) in [6.07, 6.45) is 0.427. The molecule has 3 aromatic rings. The molecule has 3 rings (SSSR count). The fourth-order valence-corrected chi connectivity index (χ4v) is 3.32. The third kappa shape index (κ3) is 8.63. The van der Waals surface area contributed by atoms with Crippen molar-refractivity contribution in [1.29, 1.82) is 0 Å². The number of aryl methyl sites for hydroxylation is 1. The van der Waals surface area contributed by atoms with E-state index in [2.05, 4.69) is 10.6 Å². The Balaban J connectivity index is 1.33. The molecule has 2 N–H and O–H groups in total. The molecule has 0 unspecified atom stereocenters. The largest absolute Gasteiger partial charge is 0.456 e. The first-order valence-electron chi connectivity index (χ1n) is 10.8. The van der Waals surface area contributed by atoms with Gasteiger partial charge in [0.25, 0.3) is 5.91 Å². The van der Waals surface area contributed by atoms with E-state index >= 15 is 0 Å². The van der Waals surface area contributed by atoms with Crippen LogP contribution in [0.5, 0.6) is 11.5 Å². The van der Waals surface area contributed by atoms with Crippen LogP contribution in [0.3, 0.4) is 0 Å². The molecule has 2 amide bonds. The quantitative estimate of drug-likeness (QED) is 0.306. The van der Waals surface area contributed by atoms with E-state index in [1.807, 2.05) is 19.1 Å². The summed E-state index contributed by atoms with van der Waals surface area (Å²) in [5.41, 5.74) is 2.00. The maximum Gasteiger partial charge on any atom is 0.306 e. The molecule has 0 spiro atoms. The average Bonchev–Trinajstić information content (AvgIpc) is 2.83. The Morgan fingerprint density at radius 2 is 1.49 bits per heavy atom. The lowest BCUT2D eigenvalue weighted by atomic mass is 10.2. The molecular weight excluding hydrogens is 491 g/mol. The topological polar surface area (TPSA) is 93.7 Å². The number of para-hydroxylation sites is 1. The molecule has 0 bridgehead atoms. The van der Waals surface area contributed by atoms with Crippen LogP contribution >= 0.6 is 23.2 Å². The normalized spacial score (nSPS) is 10.4. The fourth-order valence-electron chi connectivity index (χ4n) is 2.96. The van der Waals surface area contributed by atoms with E-state index in [1.54, 1.807) is 54.6 Å². The number of esters is 1. The van der Waals surface area contributed by atoms with Crippen molar-refractivity contribution in [2.45, 2.75) is 26.2 Å². The number of amides is 2. The highest BCUT2D eigenvalue weighted by Gasteiger charge is 2.11. The van der Waals surface area contributed by atoms with Gasteiger partial charge in [-0.25, -0.2) is 0 Å². The summed E-state index contributed by atoms with van der Waals surface area (Å²) in [4.78, 5) is 36.0. The molecule has 0 saturated carbocycles. The molecule has 0 aliphatic heterocycles. The summed E-state index contributed by atoms with van der Waals surface area (Å²) < 4.78 is 10.7. The van der Waals surface area contributed by atoms with Crippen LogP contribution in [0.15, 0.2) is 66.7 Å². The van der Waals surface area contributed by atoms with E-state index in [0.717, 1.165) is 5.56 Å². The van der Waals surface area contributed by atoms with Crippen molar-refractivity contribution < 1.29 is 23.9 Å². The van der Waals surface area contributed by atoms with E-state index in [9.17, 15) is 14.4 Å². The zero-order valence-electron chi connectivity index (χ0n) is 19.0. The molecule has 0 aliphatic carbocycles. The van der Waals surface area contributed by atoms with Gasteiger partial charge in [0.2, 0.25) is 5.91 Å². The Labute approximate surface area is 213 Å². The second-order valence-electron chi connectivity index (χ2n) is 7.63. The zero-order chi connectivity index (χ0) is 25.2. The van der Waals surface area contributed by atoms with Gasteiger partial charge in [0, 0.05) is 29.2 Å². The molecule has 0 heterocycles. The van der Waals surface area contributed by atoms with Crippen molar-refractivity contribution in [2.75, 3.05) is 17.2 Å². The number of carbonyl (C=O) groups excluding carboxylic acids is 3. The second kappa shape index (κ2) is 12.8. The molecule has 0 fully saturated rings. The van der Waals surface area contributed by atoms with E-state index in [0.29, 0.717) is 32.9 Å². The average molecular weight is 515 g/mol. The minimum atomic E-state index is -0.559. The number of nitrogens with one attached hydrogen (secondary N) is 2. The van der Waals surface area contributed by atoms with Gasteiger partial charge in [0.15, 0.2) is 6.61 Å². The van der Waals surface area contributed by atoms with Gasteiger partial charge in [0.05, 0.1) is 5.02 Å². The second-order valence-corrected chi connectivity index (χ2v) is 8.45. The maximum atomic E-state index is 12.1. The highest BCUT2D eigenvalue weighted by Crippen LogP contribution is 2.29. The highest BCUT2D eigenvalue weighted by molar-refractivity contribution is 6.32. The predicted molar refractivity (Wildman–Crippen MR) is 136 cm³/mol. The van der Waals surface area contributed by atoms with Crippen molar-refractivity contribution in [2.24, 2.45) is 0 Å². The monoisotopic (exact) mass is 514 g/mol. The first kappa shape index (κ1) is 26.1. The number of carbonyl (C=O) groups is 3. The number of hydrogen-bond acceptors (Lipinski definition) is 5. The minimum Gasteiger partial charge on any atom is -0.456 e. The molecule has 0 radical (unpaired) electrons. The summed E-state index contributed by atoms with van der Waals surface area (Å²) >= 11 is 12.1. The van der Waals surface area contributed by atoms with E-state index in [1.165, 1.54) is 0 Å². The smallest absolute Gasteiger partial charge is 0.306 e. The van der Waals surface area contributed by atoms with Crippen LogP contribution in [0.25, 0.3) is 0 Å². The molecule has 7 nitrogen and oxygen atoms in total. The van der Waals surface area contributed by atoms with E-state index < -0.39 is 18.5 Å². The molecular formula is C26H24Cl2N2O5. The molecule has 0 saturated heterocycles. The van der Waals surface area contributed by atoms with Gasteiger partial charge in [-0.05, 0) is 67.4 Å². The van der Waals surface area contributed by atoms with Crippen LogP contribution in [0.4, 0.5) is 11.4 Å². The Bertz CT molecular complexity index is 1200. The van der Waals surface area contributed by atoms with Crippen molar-refractivity contribution in [1.82, 2.24) is 0 Å². The molecule has 0 aliphatic rings. The number of ether oxygens (including phenoxy) is 2. The lowest BCUT2D eigenvalue weighted by molar-refractivity contribution is -0.147. The first-order valence-corrected chi connectivity index (χ1v) is 11.6. The van der Waals surface area contributed by atoms with Crippen LogP contribution in [-0.2, 0) is 19.1 Å². The van der Waals surface area contributed by atoms with Crippen molar-refractivity contribution >= 4 is 52.4 Å². The third-order valence-corrected chi connectivity index (χ3v) is 5.53. The van der Waals surface area contributed by atoms with E-state index in [-0.39, 0.29) is 25.2 Å². The highest BCUT2D eigenvalue weighted by atomic mass is 35.5. The Morgan fingerprint density at radius 1 is 0.800 bits per heavy atom. The third-order valence-electron chi connectivity index (χ3n) is 4.81. The van der Waals surface area contributed by atoms with Crippen LogP contribution in [0, 0.1) is 6.92 Å². The number of benzene rings is 3. The zero-order valence-corrected chi connectivity index (χ0v) is 20.5. The SMILES string of the molecule is Cc1ccc(NC(=O)COC(=O)CCCC(=O)Nc2ccc(Oc3ccccc3Cl)cc2)cc1Cl. The predicted octanol–water partition coefficient (Wildman–Crippen LogP) is 6.38. The first-order chi connectivity index (χ1) is 16.8. The standard InChI is InChI=1S/C26H24Cl2N2O5/c1-17-9-10-19(15-22(17)28)30-25(32)16-34-26(33)8-4-7-24(31)29-18-11-13-20(14-12-18)35-23-6-3-2-5-21(23)27/h2-3,5-6,9-15H,4,7-8,16H2,1H3,(H,29,31)(H,30,32). The molecule has 0 aromatic heterocycles. The van der Waals surface area contributed by atoms with Gasteiger partial charge in [-0.2, -0.15) is 0 Å². The summed E-state index contributed by atoms with van der Waals surface area (Å²) in [7, 11) is 0. The van der Waals surface area contributed by atoms with Crippen LogP contribution in [0.2, 0.25) is 10.0 Å². The number of anilines is 2.